The van der Waals surface area contributed by atoms with Gasteiger partial charge in [0.25, 0.3) is 0 Å². The maximum absolute atomic E-state index is 12.2. The van der Waals surface area contributed by atoms with Gasteiger partial charge in [0.1, 0.15) is 0 Å². The first-order chi connectivity index (χ1) is 13.3. The lowest BCUT2D eigenvalue weighted by molar-refractivity contribution is -0.118. The summed E-state index contributed by atoms with van der Waals surface area (Å²) in [5.74, 6) is 0.964. The van der Waals surface area contributed by atoms with Crippen LogP contribution in [0, 0.1) is 0 Å². The molecule has 3 rings (SSSR count). The van der Waals surface area contributed by atoms with E-state index in [-0.39, 0.29) is 11.7 Å². The maximum atomic E-state index is 12.2. The fourth-order valence-electron chi connectivity index (χ4n) is 2.47. The summed E-state index contributed by atoms with van der Waals surface area (Å²) in [4.78, 5) is 16.2. The first-order valence-electron chi connectivity index (χ1n) is 8.54. The van der Waals surface area contributed by atoms with Crippen LogP contribution in [0.1, 0.15) is 5.56 Å². The average Bonchev–Trinajstić information content (AvgIpc) is 3.13. The zero-order valence-corrected chi connectivity index (χ0v) is 15.9. The number of pyridine rings is 1. The minimum Gasteiger partial charge on any atom is -0.383 e. The van der Waals surface area contributed by atoms with Crippen LogP contribution in [0.4, 0.5) is 0 Å². The van der Waals surface area contributed by atoms with Gasteiger partial charge in [0.15, 0.2) is 11.0 Å². The SMILES string of the molecule is COCCn1c(SCC(=O)NCc2ccccc2)nnc1-c1ccncc1. The summed E-state index contributed by atoms with van der Waals surface area (Å²) in [5, 5.41) is 12.2. The topological polar surface area (TPSA) is 81.9 Å². The van der Waals surface area contributed by atoms with Gasteiger partial charge in [-0.15, -0.1) is 10.2 Å². The van der Waals surface area contributed by atoms with Crippen molar-refractivity contribution in [3.63, 3.8) is 0 Å². The molecule has 140 valence electrons. The Morgan fingerprint density at radius 3 is 2.67 bits per heavy atom. The second kappa shape index (κ2) is 9.84. The second-order valence-corrected chi connectivity index (χ2v) is 6.68. The van der Waals surface area contributed by atoms with Crippen LogP contribution < -0.4 is 5.32 Å². The van der Waals surface area contributed by atoms with Gasteiger partial charge in [-0.2, -0.15) is 0 Å². The summed E-state index contributed by atoms with van der Waals surface area (Å²) in [6.07, 6.45) is 3.43. The lowest BCUT2D eigenvalue weighted by Gasteiger charge is -2.10. The van der Waals surface area contributed by atoms with Gasteiger partial charge in [-0.1, -0.05) is 42.1 Å². The quantitative estimate of drug-likeness (QED) is 0.572. The number of carbonyl (C=O) groups excluding carboxylic acids is 1. The Balaban J connectivity index is 1.63. The van der Waals surface area contributed by atoms with Crippen molar-refractivity contribution in [1.29, 1.82) is 0 Å². The third kappa shape index (κ3) is 5.38. The predicted octanol–water partition coefficient (Wildman–Crippen LogP) is 2.40. The Morgan fingerprint density at radius 1 is 1.15 bits per heavy atom. The number of thioether (sulfide) groups is 1. The average molecular weight is 383 g/mol. The fourth-order valence-corrected chi connectivity index (χ4v) is 3.27. The number of carbonyl (C=O) groups is 1. The third-order valence-corrected chi connectivity index (χ3v) is 4.81. The van der Waals surface area contributed by atoms with Crippen LogP contribution in [-0.4, -0.2) is 45.1 Å². The van der Waals surface area contributed by atoms with Crippen molar-refractivity contribution in [1.82, 2.24) is 25.1 Å². The van der Waals surface area contributed by atoms with Crippen molar-refractivity contribution in [3.8, 4) is 11.4 Å². The number of amides is 1. The summed E-state index contributed by atoms with van der Waals surface area (Å²) < 4.78 is 7.16. The number of aromatic nitrogens is 4. The molecular formula is C19H21N5O2S. The molecule has 1 aromatic carbocycles. The molecule has 0 unspecified atom stereocenters. The molecule has 27 heavy (non-hydrogen) atoms. The smallest absolute Gasteiger partial charge is 0.230 e. The molecule has 0 aliphatic heterocycles. The van der Waals surface area contributed by atoms with Crippen molar-refractivity contribution in [2.24, 2.45) is 0 Å². The highest BCUT2D eigenvalue weighted by Crippen LogP contribution is 2.23. The van der Waals surface area contributed by atoms with Gasteiger partial charge in [0.2, 0.25) is 5.91 Å². The Morgan fingerprint density at radius 2 is 1.93 bits per heavy atom. The standard InChI is InChI=1S/C19H21N5O2S/c1-26-12-11-24-18(16-7-9-20-10-8-16)22-23-19(24)27-14-17(25)21-13-15-5-3-2-4-6-15/h2-10H,11-14H2,1H3,(H,21,25). The molecule has 0 aliphatic rings. The highest BCUT2D eigenvalue weighted by molar-refractivity contribution is 7.99. The van der Waals surface area contributed by atoms with E-state index in [1.807, 2.05) is 47.0 Å². The molecule has 0 radical (unpaired) electrons. The molecule has 0 bridgehead atoms. The number of hydrogen-bond acceptors (Lipinski definition) is 6. The normalized spacial score (nSPS) is 10.7. The van der Waals surface area contributed by atoms with E-state index in [9.17, 15) is 4.79 Å². The highest BCUT2D eigenvalue weighted by atomic mass is 32.2. The molecule has 0 aliphatic carbocycles. The van der Waals surface area contributed by atoms with Gasteiger partial charge >= 0.3 is 0 Å². The van der Waals surface area contributed by atoms with Crippen molar-refractivity contribution in [2.45, 2.75) is 18.2 Å². The molecule has 2 aromatic heterocycles. The van der Waals surface area contributed by atoms with Gasteiger partial charge in [0, 0.05) is 31.6 Å². The third-order valence-electron chi connectivity index (χ3n) is 3.84. The minimum atomic E-state index is -0.0457. The molecule has 0 saturated heterocycles. The van der Waals surface area contributed by atoms with Crippen molar-refractivity contribution in [3.05, 3.63) is 60.4 Å². The molecule has 2 heterocycles. The maximum Gasteiger partial charge on any atom is 0.230 e. The first-order valence-corrected chi connectivity index (χ1v) is 9.52. The van der Waals surface area contributed by atoms with Crippen LogP contribution in [0.2, 0.25) is 0 Å². The van der Waals surface area contributed by atoms with Crippen LogP contribution in [0.15, 0.2) is 60.0 Å². The lowest BCUT2D eigenvalue weighted by Crippen LogP contribution is -2.24. The van der Waals surface area contributed by atoms with Gasteiger partial charge in [0.05, 0.1) is 18.9 Å². The highest BCUT2D eigenvalue weighted by Gasteiger charge is 2.15. The van der Waals surface area contributed by atoms with E-state index in [1.54, 1.807) is 19.5 Å². The number of methoxy groups -OCH3 is 1. The molecule has 0 spiro atoms. The van der Waals surface area contributed by atoms with Gasteiger partial charge in [-0.05, 0) is 17.7 Å². The van der Waals surface area contributed by atoms with Crippen molar-refractivity contribution < 1.29 is 9.53 Å². The van der Waals surface area contributed by atoms with Crippen LogP contribution in [0.3, 0.4) is 0 Å². The Labute approximate surface area is 162 Å². The summed E-state index contributed by atoms with van der Waals surface area (Å²) in [6.45, 7) is 1.65. The molecular weight excluding hydrogens is 362 g/mol. The fraction of sp³-hybridized carbons (Fsp3) is 0.263. The monoisotopic (exact) mass is 383 g/mol. The summed E-state index contributed by atoms with van der Waals surface area (Å²) in [5.41, 5.74) is 1.99. The first kappa shape index (κ1) is 19.1. The molecule has 1 N–H and O–H groups in total. The van der Waals surface area contributed by atoms with E-state index in [4.69, 9.17) is 4.74 Å². The van der Waals surface area contributed by atoms with Gasteiger partial charge in [-0.25, -0.2) is 0 Å². The minimum absolute atomic E-state index is 0.0457. The molecule has 3 aromatic rings. The Bertz CT molecular complexity index is 855. The number of benzene rings is 1. The summed E-state index contributed by atoms with van der Waals surface area (Å²) in [7, 11) is 1.65. The Kier molecular flexibility index (Phi) is 6.95. The van der Waals surface area contributed by atoms with Crippen molar-refractivity contribution in [2.75, 3.05) is 19.5 Å². The summed E-state index contributed by atoms with van der Waals surface area (Å²) >= 11 is 1.36. The van der Waals surface area contributed by atoms with E-state index in [0.29, 0.717) is 24.9 Å². The Hall–Kier alpha value is -2.71. The predicted molar refractivity (Wildman–Crippen MR) is 104 cm³/mol. The second-order valence-electron chi connectivity index (χ2n) is 5.74. The van der Waals surface area contributed by atoms with Crippen LogP contribution in [0.5, 0.6) is 0 Å². The molecule has 7 nitrogen and oxygen atoms in total. The van der Waals surface area contributed by atoms with E-state index in [1.165, 1.54) is 11.8 Å². The largest absolute Gasteiger partial charge is 0.383 e. The summed E-state index contributed by atoms with van der Waals surface area (Å²) in [6, 6.07) is 13.6. The lowest BCUT2D eigenvalue weighted by atomic mass is 10.2. The van der Waals surface area contributed by atoms with Crippen LogP contribution >= 0.6 is 11.8 Å². The molecule has 0 atom stereocenters. The van der Waals surface area contributed by atoms with E-state index in [0.717, 1.165) is 17.0 Å². The number of rotatable bonds is 9. The molecule has 0 fully saturated rings. The van der Waals surface area contributed by atoms with E-state index >= 15 is 0 Å². The molecule has 0 saturated carbocycles. The number of ether oxygens (including phenoxy) is 1. The zero-order valence-electron chi connectivity index (χ0n) is 15.0. The zero-order chi connectivity index (χ0) is 18.9. The van der Waals surface area contributed by atoms with E-state index in [2.05, 4.69) is 20.5 Å². The van der Waals surface area contributed by atoms with Crippen LogP contribution in [-0.2, 0) is 22.6 Å². The number of nitrogens with one attached hydrogen (secondary N) is 1. The van der Waals surface area contributed by atoms with Crippen LogP contribution in [0.25, 0.3) is 11.4 Å². The number of nitrogens with zero attached hydrogens (tertiary/aromatic N) is 4. The van der Waals surface area contributed by atoms with E-state index < -0.39 is 0 Å². The number of hydrogen-bond donors (Lipinski definition) is 1. The van der Waals surface area contributed by atoms with Gasteiger partial charge in [-0.3, -0.25) is 14.3 Å². The van der Waals surface area contributed by atoms with Gasteiger partial charge < -0.3 is 10.1 Å². The molecule has 8 heteroatoms. The van der Waals surface area contributed by atoms with Crippen molar-refractivity contribution >= 4 is 17.7 Å². The molecule has 1 amide bonds.